The molecule has 5 heteroatoms. The molecule has 1 aliphatic carbocycles. The Morgan fingerprint density at radius 3 is 2.95 bits per heavy atom. The van der Waals surface area contributed by atoms with E-state index in [1.165, 1.54) is 17.4 Å². The lowest BCUT2D eigenvalue weighted by Crippen LogP contribution is -2.11. The van der Waals surface area contributed by atoms with Crippen LogP contribution in [-0.4, -0.2) is 17.1 Å². The third-order valence-electron chi connectivity index (χ3n) is 3.41. The fraction of sp³-hybridized carbons (Fsp3) is 0.357. The fourth-order valence-electron chi connectivity index (χ4n) is 2.35. The number of nitrogens with zero attached hydrogens (tertiary/aromatic N) is 2. The third kappa shape index (κ3) is 2.24. The van der Waals surface area contributed by atoms with Crippen LogP contribution in [0.25, 0.3) is 0 Å². The van der Waals surface area contributed by atoms with Crippen molar-refractivity contribution in [3.63, 3.8) is 0 Å². The van der Waals surface area contributed by atoms with Crippen molar-refractivity contribution in [1.82, 2.24) is 4.98 Å². The molecule has 1 N–H and O–H groups in total. The quantitative estimate of drug-likeness (QED) is 0.914. The molecule has 0 amide bonds. The summed E-state index contributed by atoms with van der Waals surface area (Å²) in [5, 5.41) is 10.7. The first-order valence-corrected chi connectivity index (χ1v) is 7.14. The van der Waals surface area contributed by atoms with E-state index in [4.69, 9.17) is 0 Å². The molecular formula is C14H15FN2OS. The predicted molar refractivity (Wildman–Crippen MR) is 74.5 cm³/mol. The number of halogens is 1. The molecule has 0 fully saturated rings. The van der Waals surface area contributed by atoms with Gasteiger partial charge >= 0.3 is 0 Å². The highest BCUT2D eigenvalue weighted by Gasteiger charge is 2.24. The Labute approximate surface area is 115 Å². The number of rotatable bonds is 2. The van der Waals surface area contributed by atoms with Crippen LogP contribution in [0.3, 0.4) is 0 Å². The van der Waals surface area contributed by atoms with E-state index < -0.39 is 6.10 Å². The van der Waals surface area contributed by atoms with E-state index in [-0.39, 0.29) is 5.82 Å². The Bertz CT molecular complexity index is 599. The molecule has 1 aromatic carbocycles. The Balaban J connectivity index is 1.97. The maximum Gasteiger partial charge on any atom is 0.190 e. The fourth-order valence-corrected chi connectivity index (χ4v) is 3.49. The lowest BCUT2D eigenvalue weighted by molar-refractivity contribution is 0.153. The summed E-state index contributed by atoms with van der Waals surface area (Å²) in [6.45, 7) is 0. The van der Waals surface area contributed by atoms with Crippen LogP contribution in [0.4, 0.5) is 15.2 Å². The van der Waals surface area contributed by atoms with Gasteiger partial charge in [0.2, 0.25) is 0 Å². The summed E-state index contributed by atoms with van der Waals surface area (Å²) < 4.78 is 13.8. The second kappa shape index (κ2) is 4.90. The van der Waals surface area contributed by atoms with Crippen LogP contribution in [-0.2, 0) is 6.42 Å². The SMILES string of the molecule is CN(c1nc2c(s1)CCCC2O)c1ccccc1F. The zero-order valence-electron chi connectivity index (χ0n) is 10.6. The first kappa shape index (κ1) is 12.6. The number of fused-ring (bicyclic) bond motifs is 1. The van der Waals surface area contributed by atoms with Gasteiger partial charge in [0.15, 0.2) is 5.13 Å². The molecule has 1 atom stereocenters. The normalized spacial score (nSPS) is 18.2. The number of anilines is 2. The van der Waals surface area contributed by atoms with Crippen molar-refractivity contribution in [2.24, 2.45) is 0 Å². The predicted octanol–water partition coefficient (Wildman–Crippen LogP) is 3.42. The average Bonchev–Trinajstić information content (AvgIpc) is 2.84. The Morgan fingerprint density at radius 2 is 2.21 bits per heavy atom. The van der Waals surface area contributed by atoms with Gasteiger partial charge in [-0.15, -0.1) is 11.3 Å². The molecule has 2 aromatic rings. The van der Waals surface area contributed by atoms with Crippen LogP contribution in [0.2, 0.25) is 0 Å². The summed E-state index contributed by atoms with van der Waals surface area (Å²) in [5.41, 5.74) is 1.28. The summed E-state index contributed by atoms with van der Waals surface area (Å²) in [6, 6.07) is 6.64. The van der Waals surface area contributed by atoms with Crippen molar-refractivity contribution in [2.45, 2.75) is 25.4 Å². The molecule has 1 unspecified atom stereocenters. The number of aromatic nitrogens is 1. The first-order valence-electron chi connectivity index (χ1n) is 6.32. The summed E-state index contributed by atoms with van der Waals surface area (Å²) >= 11 is 1.54. The van der Waals surface area contributed by atoms with E-state index in [9.17, 15) is 9.50 Å². The highest BCUT2D eigenvalue weighted by atomic mass is 32.1. The zero-order valence-corrected chi connectivity index (χ0v) is 11.5. The van der Waals surface area contributed by atoms with Gasteiger partial charge in [-0.3, -0.25) is 0 Å². The van der Waals surface area contributed by atoms with E-state index in [1.54, 1.807) is 30.1 Å². The summed E-state index contributed by atoms with van der Waals surface area (Å²) in [4.78, 5) is 7.34. The maximum absolute atomic E-state index is 13.8. The minimum atomic E-state index is -0.470. The van der Waals surface area contributed by atoms with E-state index in [0.29, 0.717) is 5.69 Å². The van der Waals surface area contributed by atoms with E-state index in [0.717, 1.165) is 35.0 Å². The molecule has 0 saturated heterocycles. The van der Waals surface area contributed by atoms with Gasteiger partial charge in [0, 0.05) is 11.9 Å². The molecule has 3 rings (SSSR count). The van der Waals surface area contributed by atoms with Crippen molar-refractivity contribution in [3.05, 3.63) is 40.7 Å². The van der Waals surface area contributed by atoms with Gasteiger partial charge in [0.05, 0.1) is 17.5 Å². The maximum atomic E-state index is 13.8. The van der Waals surface area contributed by atoms with Crippen molar-refractivity contribution in [1.29, 1.82) is 0 Å². The molecule has 1 heterocycles. The van der Waals surface area contributed by atoms with Crippen molar-refractivity contribution in [2.75, 3.05) is 11.9 Å². The molecule has 1 aliphatic rings. The topological polar surface area (TPSA) is 36.4 Å². The molecule has 0 bridgehead atoms. The monoisotopic (exact) mass is 278 g/mol. The third-order valence-corrected chi connectivity index (χ3v) is 4.62. The Hall–Kier alpha value is -1.46. The van der Waals surface area contributed by atoms with Gasteiger partial charge in [-0.2, -0.15) is 0 Å². The van der Waals surface area contributed by atoms with Crippen molar-refractivity contribution >= 4 is 22.2 Å². The molecule has 0 saturated carbocycles. The second-order valence-corrected chi connectivity index (χ2v) is 5.79. The molecule has 0 radical (unpaired) electrons. The molecule has 3 nitrogen and oxygen atoms in total. The van der Waals surface area contributed by atoms with Gasteiger partial charge in [-0.25, -0.2) is 9.37 Å². The minimum Gasteiger partial charge on any atom is -0.387 e. The summed E-state index contributed by atoms with van der Waals surface area (Å²) in [6.07, 6.45) is 2.23. The van der Waals surface area contributed by atoms with E-state index >= 15 is 0 Å². The van der Waals surface area contributed by atoms with Gasteiger partial charge in [-0.1, -0.05) is 12.1 Å². The largest absolute Gasteiger partial charge is 0.387 e. The van der Waals surface area contributed by atoms with E-state index in [2.05, 4.69) is 4.98 Å². The number of aliphatic hydroxyl groups is 1. The molecule has 1 aromatic heterocycles. The molecule has 100 valence electrons. The number of aryl methyl sites for hydroxylation is 1. The highest BCUT2D eigenvalue weighted by molar-refractivity contribution is 7.15. The summed E-state index contributed by atoms with van der Waals surface area (Å²) in [7, 11) is 1.80. The second-order valence-electron chi connectivity index (χ2n) is 4.72. The highest BCUT2D eigenvalue weighted by Crippen LogP contribution is 2.38. The Morgan fingerprint density at radius 1 is 1.42 bits per heavy atom. The van der Waals surface area contributed by atoms with Crippen LogP contribution in [0.15, 0.2) is 24.3 Å². The molecule has 0 spiro atoms. The first-order chi connectivity index (χ1) is 9.16. The Kier molecular flexibility index (Phi) is 3.24. The molecule has 19 heavy (non-hydrogen) atoms. The zero-order chi connectivity index (χ0) is 13.4. The van der Waals surface area contributed by atoms with Gasteiger partial charge in [-0.05, 0) is 31.4 Å². The van der Waals surface area contributed by atoms with Gasteiger partial charge in [0.25, 0.3) is 0 Å². The lowest BCUT2D eigenvalue weighted by Gasteiger charge is -2.16. The van der Waals surface area contributed by atoms with Crippen LogP contribution in [0.1, 0.15) is 29.5 Å². The number of thiazole rings is 1. The van der Waals surface area contributed by atoms with Crippen LogP contribution in [0.5, 0.6) is 0 Å². The number of hydrogen-bond donors (Lipinski definition) is 1. The lowest BCUT2D eigenvalue weighted by atomic mass is 10.0. The van der Waals surface area contributed by atoms with Crippen LogP contribution >= 0.6 is 11.3 Å². The number of para-hydroxylation sites is 1. The van der Waals surface area contributed by atoms with Crippen LogP contribution < -0.4 is 4.90 Å². The molecule has 0 aliphatic heterocycles. The number of hydrogen-bond acceptors (Lipinski definition) is 4. The number of benzene rings is 1. The van der Waals surface area contributed by atoms with Gasteiger partial charge < -0.3 is 10.0 Å². The van der Waals surface area contributed by atoms with Crippen molar-refractivity contribution < 1.29 is 9.50 Å². The van der Waals surface area contributed by atoms with E-state index in [1.807, 2.05) is 0 Å². The standard InChI is InChI=1S/C14H15FN2OS/c1-17(10-6-3-2-5-9(10)15)14-16-13-11(18)7-4-8-12(13)19-14/h2-3,5-6,11,18H,4,7-8H2,1H3. The smallest absolute Gasteiger partial charge is 0.190 e. The van der Waals surface area contributed by atoms with Crippen molar-refractivity contribution in [3.8, 4) is 0 Å². The molecular weight excluding hydrogens is 263 g/mol. The van der Waals surface area contributed by atoms with Crippen LogP contribution in [0, 0.1) is 5.82 Å². The van der Waals surface area contributed by atoms with Gasteiger partial charge in [0.1, 0.15) is 5.82 Å². The number of aliphatic hydroxyl groups excluding tert-OH is 1. The minimum absolute atomic E-state index is 0.265. The average molecular weight is 278 g/mol. The summed E-state index contributed by atoms with van der Waals surface area (Å²) in [5.74, 6) is -0.265.